The fraction of sp³-hybridized carbons (Fsp3) is 0.276. The molecule has 0 bridgehead atoms. The number of nitrogens with zero attached hydrogens (tertiary/aromatic N) is 2. The summed E-state index contributed by atoms with van der Waals surface area (Å²) in [6.45, 7) is 4.74. The lowest BCUT2D eigenvalue weighted by Gasteiger charge is -2.33. The summed E-state index contributed by atoms with van der Waals surface area (Å²) in [5, 5.41) is 0.497. The molecule has 3 aromatic rings. The molecule has 0 aromatic heterocycles. The van der Waals surface area contributed by atoms with E-state index in [-0.39, 0.29) is 23.5 Å². The van der Waals surface area contributed by atoms with Crippen LogP contribution >= 0.6 is 11.6 Å². The van der Waals surface area contributed by atoms with Gasteiger partial charge in [0.1, 0.15) is 17.1 Å². The van der Waals surface area contributed by atoms with Gasteiger partial charge >= 0.3 is 5.97 Å². The number of amides is 2. The molecular formula is C29H25ClF2N2O6S. The van der Waals surface area contributed by atoms with Gasteiger partial charge in [-0.1, -0.05) is 23.7 Å². The standard InChI is InChI=1S/C29H25ClF2N2O6S/c1-28(2,3)40-26(36)15-39-20-9-11-24-21(13-20)29(27(37)33(24)14-17-4-6-18(30)7-5-17)34(25(35)16-41(29)38)19-8-10-22(31)23(32)12-19/h4-13H,14-16H2,1-3H3. The lowest BCUT2D eigenvalue weighted by molar-refractivity contribution is -0.157. The molecule has 5 rings (SSSR count). The number of anilines is 2. The molecule has 2 aliphatic rings. The van der Waals surface area contributed by atoms with E-state index >= 15 is 0 Å². The molecule has 2 aliphatic heterocycles. The molecule has 0 aliphatic carbocycles. The number of halogens is 3. The zero-order valence-corrected chi connectivity index (χ0v) is 23.9. The van der Waals surface area contributed by atoms with Gasteiger partial charge in [-0.25, -0.2) is 13.6 Å². The van der Waals surface area contributed by atoms with Crippen LogP contribution in [0.25, 0.3) is 0 Å². The van der Waals surface area contributed by atoms with E-state index in [1.165, 1.54) is 17.0 Å². The molecule has 2 unspecified atom stereocenters. The minimum atomic E-state index is -2.14. The first-order valence-corrected chi connectivity index (χ1v) is 14.2. The van der Waals surface area contributed by atoms with Crippen molar-refractivity contribution in [3.05, 3.63) is 88.4 Å². The number of ether oxygens (including phenoxy) is 2. The molecule has 1 saturated heterocycles. The maximum absolute atomic E-state index is 14.3. The lowest BCUT2D eigenvalue weighted by atomic mass is 10.0. The van der Waals surface area contributed by atoms with Crippen molar-refractivity contribution in [2.75, 3.05) is 22.2 Å². The third-order valence-corrected chi connectivity index (χ3v) is 8.50. The van der Waals surface area contributed by atoms with Gasteiger partial charge in [0.2, 0.25) is 10.8 Å². The lowest BCUT2D eigenvalue weighted by Crippen LogP contribution is -2.52. The molecule has 0 radical (unpaired) electrons. The van der Waals surface area contributed by atoms with Crippen LogP contribution in [0.1, 0.15) is 31.9 Å². The summed E-state index contributed by atoms with van der Waals surface area (Å²) >= 11 is 6.02. The first kappa shape index (κ1) is 28.7. The molecule has 1 fully saturated rings. The molecule has 2 heterocycles. The number of benzene rings is 3. The van der Waals surface area contributed by atoms with E-state index in [4.69, 9.17) is 21.1 Å². The summed E-state index contributed by atoms with van der Waals surface area (Å²) in [5.74, 6) is -4.78. The maximum Gasteiger partial charge on any atom is 0.344 e. The number of fused-ring (bicyclic) bond motifs is 2. The Kier molecular flexibility index (Phi) is 7.37. The van der Waals surface area contributed by atoms with Gasteiger partial charge in [0.15, 0.2) is 18.2 Å². The van der Waals surface area contributed by atoms with Crippen molar-refractivity contribution in [2.24, 2.45) is 0 Å². The largest absolute Gasteiger partial charge is 0.482 e. The van der Waals surface area contributed by atoms with Crippen LogP contribution in [0.5, 0.6) is 5.75 Å². The van der Waals surface area contributed by atoms with E-state index in [1.54, 1.807) is 51.1 Å². The predicted octanol–water partition coefficient (Wildman–Crippen LogP) is 4.83. The minimum Gasteiger partial charge on any atom is -0.482 e. The number of esters is 1. The van der Waals surface area contributed by atoms with Crippen LogP contribution in [0.15, 0.2) is 60.7 Å². The summed E-state index contributed by atoms with van der Waals surface area (Å²) in [4.78, 5) is 40.1. The van der Waals surface area contributed by atoms with Crippen molar-refractivity contribution < 1.29 is 36.8 Å². The third-order valence-electron chi connectivity index (χ3n) is 6.50. The predicted molar refractivity (Wildman–Crippen MR) is 149 cm³/mol. The van der Waals surface area contributed by atoms with E-state index in [9.17, 15) is 27.4 Å². The first-order valence-electron chi connectivity index (χ1n) is 12.5. The van der Waals surface area contributed by atoms with Crippen LogP contribution in [0.4, 0.5) is 20.2 Å². The monoisotopic (exact) mass is 602 g/mol. The molecule has 2 amide bonds. The smallest absolute Gasteiger partial charge is 0.344 e. The molecule has 8 nitrogen and oxygen atoms in total. The van der Waals surface area contributed by atoms with Gasteiger partial charge in [0.05, 0.1) is 23.0 Å². The van der Waals surface area contributed by atoms with Crippen LogP contribution in [0.3, 0.4) is 0 Å². The van der Waals surface area contributed by atoms with Gasteiger partial charge in [0.25, 0.3) is 5.91 Å². The molecule has 214 valence electrons. The number of hydrogen-bond acceptors (Lipinski definition) is 6. The Morgan fingerprint density at radius 3 is 2.39 bits per heavy atom. The maximum atomic E-state index is 14.3. The van der Waals surface area contributed by atoms with Gasteiger partial charge in [-0.3, -0.25) is 18.7 Å². The molecule has 0 N–H and O–H groups in total. The van der Waals surface area contributed by atoms with Crippen LogP contribution in [0, 0.1) is 11.6 Å². The van der Waals surface area contributed by atoms with E-state index in [0.717, 1.165) is 23.1 Å². The molecule has 3 aromatic carbocycles. The summed E-state index contributed by atoms with van der Waals surface area (Å²) in [7, 11) is -2.14. The number of carbonyl (C=O) groups excluding carboxylic acids is 3. The summed E-state index contributed by atoms with van der Waals surface area (Å²) in [6.07, 6.45) is 0. The van der Waals surface area contributed by atoms with E-state index in [0.29, 0.717) is 16.3 Å². The zero-order chi connectivity index (χ0) is 29.7. The van der Waals surface area contributed by atoms with Crippen molar-refractivity contribution in [1.82, 2.24) is 0 Å². The topological polar surface area (TPSA) is 93.2 Å². The van der Waals surface area contributed by atoms with E-state index in [1.807, 2.05) is 0 Å². The van der Waals surface area contributed by atoms with Gasteiger partial charge in [-0.2, -0.15) is 0 Å². The highest BCUT2D eigenvalue weighted by molar-refractivity contribution is 7.88. The fourth-order valence-corrected chi connectivity index (χ4v) is 6.72. The van der Waals surface area contributed by atoms with Gasteiger partial charge in [0, 0.05) is 22.3 Å². The molecule has 2 atom stereocenters. The van der Waals surface area contributed by atoms with Crippen molar-refractivity contribution >= 4 is 51.6 Å². The highest BCUT2D eigenvalue weighted by Gasteiger charge is 2.65. The number of rotatable bonds is 6. The quantitative estimate of drug-likeness (QED) is 0.375. The van der Waals surface area contributed by atoms with Crippen LogP contribution in [-0.2, 0) is 41.3 Å². The Morgan fingerprint density at radius 2 is 1.73 bits per heavy atom. The van der Waals surface area contributed by atoms with Crippen molar-refractivity contribution in [1.29, 1.82) is 0 Å². The van der Waals surface area contributed by atoms with Crippen molar-refractivity contribution in [3.63, 3.8) is 0 Å². The Labute approximate surface area is 242 Å². The Balaban J connectivity index is 1.62. The van der Waals surface area contributed by atoms with Gasteiger partial charge < -0.3 is 14.4 Å². The third kappa shape index (κ3) is 5.19. The first-order chi connectivity index (χ1) is 19.3. The highest BCUT2D eigenvalue weighted by atomic mass is 35.5. The minimum absolute atomic E-state index is 0.0415. The Hall–Kier alpha value is -3.83. The average Bonchev–Trinajstić information content (AvgIpc) is 3.30. The molecule has 1 spiro atoms. The molecule has 41 heavy (non-hydrogen) atoms. The average molecular weight is 603 g/mol. The van der Waals surface area contributed by atoms with Gasteiger partial charge in [-0.15, -0.1) is 0 Å². The fourth-order valence-electron chi connectivity index (χ4n) is 4.91. The van der Waals surface area contributed by atoms with Crippen LogP contribution in [-0.4, -0.2) is 40.0 Å². The molecular weight excluding hydrogens is 578 g/mol. The van der Waals surface area contributed by atoms with Gasteiger partial charge in [-0.05, 0) is 68.8 Å². The summed E-state index contributed by atoms with van der Waals surface area (Å²) in [5.41, 5.74) is 0.332. The highest BCUT2D eigenvalue weighted by Crippen LogP contribution is 2.52. The van der Waals surface area contributed by atoms with Crippen molar-refractivity contribution in [2.45, 2.75) is 37.8 Å². The molecule has 12 heteroatoms. The normalized spacial score (nSPS) is 20.1. The Bertz CT molecular complexity index is 1590. The second kappa shape index (κ2) is 10.5. The van der Waals surface area contributed by atoms with E-state index < -0.39 is 63.0 Å². The Morgan fingerprint density at radius 1 is 1.02 bits per heavy atom. The SMILES string of the molecule is CC(C)(C)OC(=O)COc1ccc2c(c1)C1(C(=O)N2Cc2ccc(Cl)cc2)N(c2ccc(F)c(F)c2)C(=O)CS1=O. The second-order valence-corrected chi connectivity index (χ2v) is 12.5. The molecule has 0 saturated carbocycles. The van der Waals surface area contributed by atoms with Crippen LogP contribution in [0.2, 0.25) is 5.02 Å². The number of carbonyl (C=O) groups is 3. The summed E-state index contributed by atoms with van der Waals surface area (Å²) < 4.78 is 52.8. The van der Waals surface area contributed by atoms with Crippen LogP contribution < -0.4 is 14.5 Å². The van der Waals surface area contributed by atoms with E-state index in [2.05, 4.69) is 0 Å². The zero-order valence-electron chi connectivity index (χ0n) is 22.3. The summed E-state index contributed by atoms with van der Waals surface area (Å²) in [6, 6.07) is 14.1. The van der Waals surface area contributed by atoms with Crippen molar-refractivity contribution in [3.8, 4) is 5.75 Å². The number of hydrogen-bond donors (Lipinski definition) is 0. The second-order valence-electron chi connectivity index (χ2n) is 10.5.